The van der Waals surface area contributed by atoms with E-state index in [0.29, 0.717) is 5.92 Å². The molecule has 23 heavy (non-hydrogen) atoms. The highest BCUT2D eigenvalue weighted by Crippen LogP contribution is 2.19. The van der Waals surface area contributed by atoms with Crippen LogP contribution in [0.4, 0.5) is 5.69 Å². The first kappa shape index (κ1) is 17.3. The molecule has 0 aliphatic rings. The fraction of sp³-hybridized carbons (Fsp3) is 0.389. The van der Waals surface area contributed by atoms with Crippen LogP contribution in [-0.2, 0) is 0 Å². The Balaban J connectivity index is 1.60. The molecule has 1 aromatic heterocycles. The van der Waals surface area contributed by atoms with Gasteiger partial charge in [-0.05, 0) is 30.0 Å². The van der Waals surface area contributed by atoms with Gasteiger partial charge in [0.05, 0.1) is 0 Å². The lowest BCUT2D eigenvalue weighted by Gasteiger charge is -2.15. The van der Waals surface area contributed by atoms with E-state index in [1.54, 1.807) is 11.3 Å². The molecule has 0 saturated carbocycles. The molecule has 4 nitrogen and oxygen atoms in total. The third-order valence-electron chi connectivity index (χ3n) is 3.58. The van der Waals surface area contributed by atoms with Gasteiger partial charge in [0.2, 0.25) is 0 Å². The molecule has 0 fully saturated rings. The zero-order chi connectivity index (χ0) is 16.3. The highest BCUT2D eigenvalue weighted by atomic mass is 32.1. The maximum atomic E-state index is 4.27. The molecule has 1 heterocycles. The van der Waals surface area contributed by atoms with E-state index in [1.807, 2.05) is 25.2 Å². The van der Waals surface area contributed by atoms with Gasteiger partial charge in [-0.3, -0.25) is 4.99 Å². The van der Waals surface area contributed by atoms with Crippen molar-refractivity contribution in [3.63, 3.8) is 0 Å². The molecular weight excluding hydrogens is 304 g/mol. The predicted molar refractivity (Wildman–Crippen MR) is 102 cm³/mol. The van der Waals surface area contributed by atoms with E-state index in [2.05, 4.69) is 57.5 Å². The van der Waals surface area contributed by atoms with E-state index in [-0.39, 0.29) is 0 Å². The Morgan fingerprint density at radius 1 is 1.09 bits per heavy atom. The molecule has 0 amide bonds. The molecule has 2 rings (SSSR count). The zero-order valence-corrected chi connectivity index (χ0v) is 14.7. The van der Waals surface area contributed by atoms with Crippen LogP contribution in [0.2, 0.25) is 0 Å². The van der Waals surface area contributed by atoms with Crippen LogP contribution in [-0.4, -0.2) is 32.6 Å². The predicted octanol–water partition coefficient (Wildman–Crippen LogP) is 3.52. The lowest BCUT2D eigenvalue weighted by molar-refractivity contribution is 0.701. The number of thiophene rings is 1. The van der Waals surface area contributed by atoms with Gasteiger partial charge >= 0.3 is 0 Å². The summed E-state index contributed by atoms with van der Waals surface area (Å²) in [6.45, 7) is 4.96. The number of guanidine groups is 1. The number of hydrogen-bond donors (Lipinski definition) is 3. The first-order valence-corrected chi connectivity index (χ1v) is 8.94. The minimum absolute atomic E-state index is 0.494. The van der Waals surface area contributed by atoms with Gasteiger partial charge in [0.25, 0.3) is 0 Å². The van der Waals surface area contributed by atoms with Crippen LogP contribution in [0.3, 0.4) is 0 Å². The first-order valence-electron chi connectivity index (χ1n) is 8.06. The minimum atomic E-state index is 0.494. The molecular formula is C18H26N4S. The number of hydrogen-bond acceptors (Lipinski definition) is 3. The Hall–Kier alpha value is -2.01. The second-order valence-electron chi connectivity index (χ2n) is 5.44. The summed E-state index contributed by atoms with van der Waals surface area (Å²) in [4.78, 5) is 5.68. The summed E-state index contributed by atoms with van der Waals surface area (Å²) < 4.78 is 0. The largest absolute Gasteiger partial charge is 0.385 e. The lowest BCUT2D eigenvalue weighted by atomic mass is 10.1. The molecule has 1 unspecified atom stereocenters. The lowest BCUT2D eigenvalue weighted by Crippen LogP contribution is -2.39. The summed E-state index contributed by atoms with van der Waals surface area (Å²) in [6, 6.07) is 14.6. The molecule has 5 heteroatoms. The van der Waals surface area contributed by atoms with E-state index < -0.39 is 0 Å². The fourth-order valence-corrected chi connectivity index (χ4v) is 3.01. The Bertz CT molecular complexity index is 566. The average Bonchev–Trinajstić information content (AvgIpc) is 3.12. The Morgan fingerprint density at radius 2 is 1.91 bits per heavy atom. The second-order valence-corrected chi connectivity index (χ2v) is 6.42. The quantitative estimate of drug-likeness (QED) is 0.394. The summed E-state index contributed by atoms with van der Waals surface area (Å²) in [5.74, 6) is 1.36. The van der Waals surface area contributed by atoms with Crippen molar-refractivity contribution >= 4 is 23.0 Å². The van der Waals surface area contributed by atoms with Crippen molar-refractivity contribution in [1.29, 1.82) is 0 Å². The summed E-state index contributed by atoms with van der Waals surface area (Å²) in [6.07, 6.45) is 1.04. The average molecular weight is 331 g/mol. The van der Waals surface area contributed by atoms with E-state index in [0.717, 1.165) is 32.0 Å². The highest BCUT2D eigenvalue weighted by Gasteiger charge is 2.07. The molecule has 0 saturated heterocycles. The zero-order valence-electron chi connectivity index (χ0n) is 13.9. The Kier molecular flexibility index (Phi) is 7.46. The number of para-hydroxylation sites is 1. The topological polar surface area (TPSA) is 48.5 Å². The number of benzene rings is 1. The van der Waals surface area contributed by atoms with Crippen molar-refractivity contribution in [1.82, 2.24) is 10.6 Å². The summed E-state index contributed by atoms with van der Waals surface area (Å²) in [5, 5.41) is 12.3. The maximum Gasteiger partial charge on any atom is 0.190 e. The molecule has 2 aromatic rings. The van der Waals surface area contributed by atoms with Crippen LogP contribution in [0.25, 0.3) is 0 Å². The van der Waals surface area contributed by atoms with Gasteiger partial charge in [-0.1, -0.05) is 31.2 Å². The standard InChI is InChI=1S/C18H26N4S/c1-15(17-10-6-13-23-17)14-22-18(19-2)21-12-7-11-20-16-8-4-3-5-9-16/h3-6,8-10,13,15,20H,7,11-12,14H2,1-2H3,(H2,19,21,22). The van der Waals surface area contributed by atoms with Crippen LogP contribution in [0, 0.1) is 0 Å². The van der Waals surface area contributed by atoms with Gasteiger partial charge in [-0.15, -0.1) is 11.3 Å². The Morgan fingerprint density at radius 3 is 2.61 bits per heavy atom. The molecule has 1 aromatic carbocycles. The van der Waals surface area contributed by atoms with Crippen LogP contribution >= 0.6 is 11.3 Å². The van der Waals surface area contributed by atoms with Crippen molar-refractivity contribution in [2.45, 2.75) is 19.3 Å². The molecule has 0 spiro atoms. The number of rotatable bonds is 8. The molecule has 0 radical (unpaired) electrons. The van der Waals surface area contributed by atoms with E-state index in [9.17, 15) is 0 Å². The first-order chi connectivity index (χ1) is 11.3. The van der Waals surface area contributed by atoms with Crippen molar-refractivity contribution in [3.8, 4) is 0 Å². The van der Waals surface area contributed by atoms with Gasteiger partial charge in [0.15, 0.2) is 5.96 Å². The van der Waals surface area contributed by atoms with Gasteiger partial charge in [-0.25, -0.2) is 0 Å². The van der Waals surface area contributed by atoms with Gasteiger partial charge < -0.3 is 16.0 Å². The summed E-state index contributed by atoms with van der Waals surface area (Å²) in [5.41, 5.74) is 1.17. The van der Waals surface area contributed by atoms with Gasteiger partial charge in [0.1, 0.15) is 0 Å². The number of aliphatic imine (C=N–C) groups is 1. The molecule has 124 valence electrons. The van der Waals surface area contributed by atoms with Crippen molar-refractivity contribution < 1.29 is 0 Å². The molecule has 3 N–H and O–H groups in total. The molecule has 1 atom stereocenters. The van der Waals surface area contributed by atoms with Gasteiger partial charge in [-0.2, -0.15) is 0 Å². The highest BCUT2D eigenvalue weighted by molar-refractivity contribution is 7.10. The second kappa shape index (κ2) is 9.90. The fourth-order valence-electron chi connectivity index (χ4n) is 2.23. The van der Waals surface area contributed by atoms with Crippen LogP contribution in [0.1, 0.15) is 24.1 Å². The molecule has 0 aliphatic heterocycles. The number of nitrogens with one attached hydrogen (secondary N) is 3. The van der Waals surface area contributed by atoms with Gasteiger partial charge in [0, 0.05) is 43.2 Å². The van der Waals surface area contributed by atoms with E-state index in [1.165, 1.54) is 10.6 Å². The van der Waals surface area contributed by atoms with E-state index >= 15 is 0 Å². The third-order valence-corrected chi connectivity index (χ3v) is 4.68. The number of nitrogens with zero attached hydrogens (tertiary/aromatic N) is 1. The smallest absolute Gasteiger partial charge is 0.190 e. The minimum Gasteiger partial charge on any atom is -0.385 e. The van der Waals surface area contributed by atoms with Crippen molar-refractivity contribution in [2.24, 2.45) is 4.99 Å². The number of anilines is 1. The maximum absolute atomic E-state index is 4.27. The summed E-state index contributed by atoms with van der Waals surface area (Å²) in [7, 11) is 1.81. The SMILES string of the molecule is CN=C(NCCCNc1ccccc1)NCC(C)c1cccs1. The third kappa shape index (κ3) is 6.32. The van der Waals surface area contributed by atoms with E-state index in [4.69, 9.17) is 0 Å². The van der Waals surface area contributed by atoms with Crippen LogP contribution in [0.15, 0.2) is 52.8 Å². The van der Waals surface area contributed by atoms with Crippen LogP contribution < -0.4 is 16.0 Å². The van der Waals surface area contributed by atoms with Crippen LogP contribution in [0.5, 0.6) is 0 Å². The van der Waals surface area contributed by atoms with Crippen molar-refractivity contribution in [2.75, 3.05) is 32.0 Å². The normalized spacial score (nSPS) is 12.7. The molecule has 0 bridgehead atoms. The van der Waals surface area contributed by atoms with Crippen molar-refractivity contribution in [3.05, 3.63) is 52.7 Å². The Labute approximate surface area is 143 Å². The summed E-state index contributed by atoms with van der Waals surface area (Å²) >= 11 is 1.80. The monoisotopic (exact) mass is 330 g/mol. The molecule has 0 aliphatic carbocycles.